The van der Waals surface area contributed by atoms with Crippen LogP contribution in [-0.4, -0.2) is 60.1 Å². The molecular formula is C10H22O5. The minimum Gasteiger partial charge on any atom is -0.396 e. The van der Waals surface area contributed by atoms with E-state index < -0.39 is 5.41 Å². The minimum absolute atomic E-state index is 0.00260. The fourth-order valence-corrected chi connectivity index (χ4v) is 0.876. The molecule has 0 fully saturated rings. The standard InChI is InChI=1S/C10H22O5/c1-9(2,3-11)7-15-8-10(4-12,5-13)6-14/h11-14H,3-8H2,1-2H3. The molecule has 0 amide bonds. The van der Waals surface area contributed by atoms with Crippen molar-refractivity contribution in [2.75, 3.05) is 39.6 Å². The first kappa shape index (κ1) is 14.8. The first-order valence-electron chi connectivity index (χ1n) is 4.96. The second kappa shape index (κ2) is 6.40. The summed E-state index contributed by atoms with van der Waals surface area (Å²) in [5.41, 5.74) is -1.35. The molecule has 0 heterocycles. The van der Waals surface area contributed by atoms with E-state index in [9.17, 15) is 0 Å². The van der Waals surface area contributed by atoms with Gasteiger partial charge in [-0.15, -0.1) is 0 Å². The Bertz CT molecular complexity index is 157. The summed E-state index contributed by atoms with van der Waals surface area (Å²) in [5, 5.41) is 36.0. The molecule has 0 aromatic heterocycles. The quantitative estimate of drug-likeness (QED) is 0.422. The Morgan fingerprint density at radius 1 is 0.800 bits per heavy atom. The van der Waals surface area contributed by atoms with E-state index in [2.05, 4.69) is 0 Å². The van der Waals surface area contributed by atoms with E-state index in [1.165, 1.54) is 0 Å². The summed E-state index contributed by atoms with van der Waals surface area (Å²) in [5.74, 6) is 0. The summed E-state index contributed by atoms with van der Waals surface area (Å²) in [7, 11) is 0. The molecule has 92 valence electrons. The lowest BCUT2D eigenvalue weighted by Gasteiger charge is -2.29. The van der Waals surface area contributed by atoms with Gasteiger partial charge in [0, 0.05) is 5.41 Å². The lowest BCUT2D eigenvalue weighted by Crippen LogP contribution is -2.40. The number of aliphatic hydroxyl groups is 4. The number of hydrogen-bond donors (Lipinski definition) is 4. The fourth-order valence-electron chi connectivity index (χ4n) is 0.876. The van der Waals surface area contributed by atoms with Gasteiger partial charge in [-0.1, -0.05) is 13.8 Å². The van der Waals surface area contributed by atoms with Crippen LogP contribution >= 0.6 is 0 Å². The SMILES string of the molecule is CC(C)(CO)COCC(CO)(CO)CO. The van der Waals surface area contributed by atoms with Crippen molar-refractivity contribution in [3.63, 3.8) is 0 Å². The van der Waals surface area contributed by atoms with Crippen LogP contribution in [0.4, 0.5) is 0 Å². The zero-order chi connectivity index (χ0) is 11.9. The van der Waals surface area contributed by atoms with Crippen LogP contribution < -0.4 is 0 Å². The van der Waals surface area contributed by atoms with E-state index in [4.69, 9.17) is 25.2 Å². The molecule has 5 nitrogen and oxygen atoms in total. The van der Waals surface area contributed by atoms with Crippen molar-refractivity contribution in [1.82, 2.24) is 0 Å². The third-order valence-electron chi connectivity index (χ3n) is 2.34. The van der Waals surface area contributed by atoms with Gasteiger partial charge in [0.2, 0.25) is 0 Å². The van der Waals surface area contributed by atoms with Gasteiger partial charge in [-0.25, -0.2) is 0 Å². The van der Waals surface area contributed by atoms with Gasteiger partial charge in [0.15, 0.2) is 0 Å². The van der Waals surface area contributed by atoms with Crippen molar-refractivity contribution in [3.05, 3.63) is 0 Å². The molecule has 0 bridgehead atoms. The molecule has 0 aromatic rings. The molecule has 0 spiro atoms. The largest absolute Gasteiger partial charge is 0.396 e. The van der Waals surface area contributed by atoms with Crippen LogP contribution in [-0.2, 0) is 4.74 Å². The van der Waals surface area contributed by atoms with Crippen molar-refractivity contribution in [2.45, 2.75) is 13.8 Å². The van der Waals surface area contributed by atoms with Crippen molar-refractivity contribution in [3.8, 4) is 0 Å². The van der Waals surface area contributed by atoms with Crippen LogP contribution in [0.25, 0.3) is 0 Å². The minimum atomic E-state index is -0.995. The smallest absolute Gasteiger partial charge is 0.0629 e. The summed E-state index contributed by atoms with van der Waals surface area (Å²) in [6.07, 6.45) is 0. The highest BCUT2D eigenvalue weighted by atomic mass is 16.5. The maximum absolute atomic E-state index is 9.01. The zero-order valence-electron chi connectivity index (χ0n) is 9.44. The van der Waals surface area contributed by atoms with E-state index in [0.29, 0.717) is 6.61 Å². The van der Waals surface area contributed by atoms with Crippen molar-refractivity contribution in [2.24, 2.45) is 10.8 Å². The van der Waals surface area contributed by atoms with Crippen molar-refractivity contribution >= 4 is 0 Å². The second-order valence-corrected chi connectivity index (χ2v) is 4.79. The maximum Gasteiger partial charge on any atom is 0.0629 e. The number of aliphatic hydroxyl groups excluding tert-OH is 4. The van der Waals surface area contributed by atoms with Gasteiger partial charge < -0.3 is 25.2 Å². The molecule has 0 radical (unpaired) electrons. The maximum atomic E-state index is 9.01. The van der Waals surface area contributed by atoms with Gasteiger partial charge >= 0.3 is 0 Å². The Hall–Kier alpha value is -0.200. The van der Waals surface area contributed by atoms with Gasteiger partial charge in [0.25, 0.3) is 0 Å². The Balaban J connectivity index is 4.02. The summed E-state index contributed by atoms with van der Waals surface area (Å²) in [4.78, 5) is 0. The van der Waals surface area contributed by atoms with Crippen LogP contribution in [0.3, 0.4) is 0 Å². The van der Waals surface area contributed by atoms with Gasteiger partial charge in [-0.05, 0) is 0 Å². The van der Waals surface area contributed by atoms with Crippen LogP contribution in [0, 0.1) is 10.8 Å². The average molecular weight is 222 g/mol. The fraction of sp³-hybridized carbons (Fsp3) is 1.00. The highest BCUT2D eigenvalue weighted by Crippen LogP contribution is 2.19. The van der Waals surface area contributed by atoms with E-state index in [1.807, 2.05) is 13.8 Å². The van der Waals surface area contributed by atoms with Gasteiger partial charge in [0.1, 0.15) is 0 Å². The van der Waals surface area contributed by atoms with E-state index in [0.717, 1.165) is 0 Å². The monoisotopic (exact) mass is 222 g/mol. The first-order chi connectivity index (χ1) is 6.95. The van der Waals surface area contributed by atoms with E-state index in [-0.39, 0.29) is 38.4 Å². The lowest BCUT2D eigenvalue weighted by molar-refractivity contribution is -0.0766. The molecule has 0 aliphatic heterocycles. The Morgan fingerprint density at radius 3 is 1.60 bits per heavy atom. The Kier molecular flexibility index (Phi) is 6.31. The van der Waals surface area contributed by atoms with E-state index in [1.54, 1.807) is 0 Å². The highest BCUT2D eigenvalue weighted by molar-refractivity contribution is 4.77. The molecule has 0 aliphatic rings. The van der Waals surface area contributed by atoms with Crippen LogP contribution in [0.5, 0.6) is 0 Å². The molecule has 0 aliphatic carbocycles. The predicted molar refractivity (Wildman–Crippen MR) is 55.4 cm³/mol. The molecule has 0 unspecified atom stereocenters. The lowest BCUT2D eigenvalue weighted by atomic mass is 9.92. The summed E-state index contributed by atoms with van der Waals surface area (Å²) < 4.78 is 5.29. The van der Waals surface area contributed by atoms with Crippen LogP contribution in [0.15, 0.2) is 0 Å². The molecule has 0 atom stereocenters. The summed E-state index contributed by atoms with van der Waals surface area (Å²) in [6.45, 7) is 3.05. The van der Waals surface area contributed by atoms with E-state index >= 15 is 0 Å². The molecule has 0 aromatic carbocycles. The predicted octanol–water partition coefficient (Wildman–Crippen LogP) is -1.02. The second-order valence-electron chi connectivity index (χ2n) is 4.79. The van der Waals surface area contributed by atoms with Crippen molar-refractivity contribution < 1.29 is 25.2 Å². The highest BCUT2D eigenvalue weighted by Gasteiger charge is 2.29. The van der Waals surface area contributed by atoms with Gasteiger partial charge in [-0.2, -0.15) is 0 Å². The third kappa shape index (κ3) is 4.90. The molecule has 0 rings (SSSR count). The van der Waals surface area contributed by atoms with Gasteiger partial charge in [0.05, 0.1) is 45.1 Å². The number of hydrogen-bond acceptors (Lipinski definition) is 5. The van der Waals surface area contributed by atoms with Crippen LogP contribution in [0.1, 0.15) is 13.8 Å². The summed E-state index contributed by atoms with van der Waals surface area (Å²) in [6, 6.07) is 0. The molecule has 15 heavy (non-hydrogen) atoms. The molecule has 4 N–H and O–H groups in total. The Labute approximate surface area is 90.3 Å². The average Bonchev–Trinajstić information content (AvgIpc) is 2.25. The van der Waals surface area contributed by atoms with Crippen molar-refractivity contribution in [1.29, 1.82) is 0 Å². The molecule has 5 heteroatoms. The van der Waals surface area contributed by atoms with Gasteiger partial charge in [-0.3, -0.25) is 0 Å². The number of rotatable bonds is 8. The molecule has 0 saturated carbocycles. The molecule has 0 saturated heterocycles. The Morgan fingerprint density at radius 2 is 1.27 bits per heavy atom. The molecular weight excluding hydrogens is 200 g/mol. The third-order valence-corrected chi connectivity index (χ3v) is 2.34. The zero-order valence-corrected chi connectivity index (χ0v) is 9.44. The normalized spacial score (nSPS) is 13.2. The summed E-state index contributed by atoms with van der Waals surface area (Å²) >= 11 is 0. The topological polar surface area (TPSA) is 90.2 Å². The number of ether oxygens (including phenoxy) is 1. The first-order valence-corrected chi connectivity index (χ1v) is 4.96. The van der Waals surface area contributed by atoms with Crippen LogP contribution in [0.2, 0.25) is 0 Å².